The van der Waals surface area contributed by atoms with Crippen molar-refractivity contribution in [3.8, 4) is 11.5 Å². The molecule has 1 aromatic rings. The first kappa shape index (κ1) is 47.0. The highest BCUT2D eigenvalue weighted by Gasteiger charge is 2.73. The minimum absolute atomic E-state index is 0.0137. The van der Waals surface area contributed by atoms with Crippen LogP contribution in [-0.4, -0.2) is 113 Å². The topological polar surface area (TPSA) is 275 Å². The molecule has 1 aliphatic heterocycles. The normalized spacial score (nSPS) is 23.8. The highest BCUT2D eigenvalue weighted by molar-refractivity contribution is 5.91. The summed E-state index contributed by atoms with van der Waals surface area (Å²) in [6.45, 7) is 11.9. The smallest absolute Gasteiger partial charge is 0.493 e. The van der Waals surface area contributed by atoms with E-state index in [4.69, 9.17) is 37.9 Å². The quantitative estimate of drug-likeness (QED) is 0.144. The van der Waals surface area contributed by atoms with Gasteiger partial charge >= 0.3 is 36.2 Å². The molecule has 0 radical (unpaired) electrons. The lowest BCUT2D eigenvalue weighted by Gasteiger charge is -2.60. The first-order valence-electron chi connectivity index (χ1n) is 20.2. The Morgan fingerprint density at radius 2 is 1.35 bits per heavy atom. The zero-order valence-electron chi connectivity index (χ0n) is 36.1. The minimum atomic E-state index is -1.81. The van der Waals surface area contributed by atoms with Gasteiger partial charge in [0, 0.05) is 17.9 Å². The highest BCUT2D eigenvalue weighted by Crippen LogP contribution is 2.68. The molecule has 4 aliphatic rings. The van der Waals surface area contributed by atoms with Crippen molar-refractivity contribution in [1.82, 2.24) is 10.6 Å². The molecule has 2 bridgehead atoms. The van der Waals surface area contributed by atoms with Crippen LogP contribution in [0.2, 0.25) is 0 Å². The zero-order valence-corrected chi connectivity index (χ0v) is 36.1. The maximum atomic E-state index is 14.0. The number of hydrogen-bond acceptors (Lipinski definition) is 16. The average Bonchev–Trinajstić information content (AvgIpc) is 3.48. The summed E-state index contributed by atoms with van der Waals surface area (Å²) in [7, 11) is 1.44. The molecule has 1 spiro atoms. The molecule has 340 valence electrons. The van der Waals surface area contributed by atoms with Crippen LogP contribution in [0.3, 0.4) is 0 Å². The number of ether oxygens (including phenoxy) is 8. The number of carboxylic acids is 2. The first-order chi connectivity index (χ1) is 28.8. The molecule has 20 heteroatoms. The van der Waals surface area contributed by atoms with E-state index < -0.39 is 113 Å². The SMILES string of the molecule is COc1ccc2c3c1O[C@H]1C(OC(=O)C[C@H](NC(=O)[C@H](C)OC(=O)OC(C)(C)C)C(=O)O)=CC[C@@]4(OC(=O)C[C@H](NC(=O)[C@H](C)OC(=O)OC(C)(C)C)C(=O)O)[C@H](CCC[C@]314)C2. The standard InChI is InChI=1S/C42H54N2O18/c1-20(56-37(53)61-39(3,4)5)33(47)43-24(35(49)50)18-28(45)58-27-14-16-42(23-11-10-15-41(42)30-22(17-23)12-13-26(55-9)31(30)59-32(27)41)60-29(46)19-25(36(51)52)44-34(48)21(2)57-38(54)62-40(6,7)8/h12-14,20-21,23-25,32H,10-11,15-19H2,1-9H3,(H,43,47)(H,44,48)(H,49,50)(H,51,52)/t20-,21-,23+,24-,25-,32-,41-,42+/m0/s1. The molecule has 1 saturated carbocycles. The van der Waals surface area contributed by atoms with Crippen LogP contribution in [0.25, 0.3) is 0 Å². The number of nitrogens with one attached hydrogen (secondary N) is 2. The molecular weight excluding hydrogens is 820 g/mol. The van der Waals surface area contributed by atoms with Crippen molar-refractivity contribution in [1.29, 1.82) is 0 Å². The van der Waals surface area contributed by atoms with Crippen molar-refractivity contribution >= 4 is 48.0 Å². The van der Waals surface area contributed by atoms with E-state index in [0.717, 1.165) is 5.56 Å². The lowest BCUT2D eigenvalue weighted by molar-refractivity contribution is -0.201. The van der Waals surface area contributed by atoms with Crippen LogP contribution < -0.4 is 20.1 Å². The number of carbonyl (C=O) groups is 8. The second-order valence-electron chi connectivity index (χ2n) is 17.7. The molecule has 8 atom stereocenters. The third-order valence-electron chi connectivity index (χ3n) is 11.0. The molecule has 0 saturated heterocycles. The lowest BCUT2D eigenvalue weighted by atomic mass is 9.46. The van der Waals surface area contributed by atoms with Crippen molar-refractivity contribution in [2.75, 3.05) is 7.11 Å². The Kier molecular flexibility index (Phi) is 13.4. The van der Waals surface area contributed by atoms with Crippen molar-refractivity contribution in [2.45, 2.75) is 153 Å². The van der Waals surface area contributed by atoms with Crippen LogP contribution in [0.1, 0.15) is 105 Å². The van der Waals surface area contributed by atoms with Crippen molar-refractivity contribution < 1.29 is 86.5 Å². The van der Waals surface area contributed by atoms with Gasteiger partial charge in [-0.05, 0) is 92.4 Å². The first-order valence-corrected chi connectivity index (χ1v) is 20.2. The van der Waals surface area contributed by atoms with Gasteiger partial charge in [-0.3, -0.25) is 19.2 Å². The van der Waals surface area contributed by atoms with Gasteiger partial charge in [0.25, 0.3) is 11.8 Å². The van der Waals surface area contributed by atoms with Crippen LogP contribution in [0.15, 0.2) is 24.0 Å². The molecule has 1 heterocycles. The molecule has 0 aromatic heterocycles. The largest absolute Gasteiger partial charge is 0.509 e. The minimum Gasteiger partial charge on any atom is -0.493 e. The number of carboxylic acid groups (broad SMARTS) is 2. The predicted octanol–water partition coefficient (Wildman–Crippen LogP) is 3.76. The molecule has 4 N–H and O–H groups in total. The molecular formula is C42H54N2O18. The van der Waals surface area contributed by atoms with Gasteiger partial charge < -0.3 is 58.7 Å². The molecule has 1 aromatic carbocycles. The van der Waals surface area contributed by atoms with Gasteiger partial charge in [0.1, 0.15) is 34.6 Å². The summed E-state index contributed by atoms with van der Waals surface area (Å²) in [6.07, 6.45) is -4.59. The summed E-state index contributed by atoms with van der Waals surface area (Å²) in [6, 6.07) is 0.0105. The van der Waals surface area contributed by atoms with Crippen molar-refractivity contribution in [3.05, 3.63) is 35.1 Å². The van der Waals surface area contributed by atoms with E-state index in [0.29, 0.717) is 42.7 Å². The van der Waals surface area contributed by atoms with Gasteiger partial charge in [-0.1, -0.05) is 12.5 Å². The van der Waals surface area contributed by atoms with Gasteiger partial charge in [0.2, 0.25) is 0 Å². The van der Waals surface area contributed by atoms with Crippen LogP contribution >= 0.6 is 0 Å². The van der Waals surface area contributed by atoms with Gasteiger partial charge in [-0.25, -0.2) is 19.2 Å². The van der Waals surface area contributed by atoms with Gasteiger partial charge in [0.15, 0.2) is 29.8 Å². The Hall–Kier alpha value is -6.08. The van der Waals surface area contributed by atoms with E-state index >= 15 is 0 Å². The molecule has 20 nitrogen and oxygen atoms in total. The fourth-order valence-corrected chi connectivity index (χ4v) is 8.54. The van der Waals surface area contributed by atoms with E-state index in [1.807, 2.05) is 6.07 Å². The van der Waals surface area contributed by atoms with Gasteiger partial charge in [-0.15, -0.1) is 0 Å². The van der Waals surface area contributed by atoms with E-state index in [-0.39, 0.29) is 18.1 Å². The van der Waals surface area contributed by atoms with Crippen molar-refractivity contribution in [3.63, 3.8) is 0 Å². The van der Waals surface area contributed by atoms with Gasteiger partial charge in [0.05, 0.1) is 25.4 Å². The van der Waals surface area contributed by atoms with Crippen LogP contribution in [-0.2, 0) is 69.0 Å². The average molecular weight is 875 g/mol. The maximum Gasteiger partial charge on any atom is 0.509 e. The van der Waals surface area contributed by atoms with Crippen LogP contribution in [0.4, 0.5) is 9.59 Å². The number of esters is 2. The van der Waals surface area contributed by atoms with E-state index in [9.17, 15) is 48.6 Å². The van der Waals surface area contributed by atoms with E-state index in [1.54, 1.807) is 47.6 Å². The number of rotatable bonds is 15. The molecule has 62 heavy (non-hydrogen) atoms. The number of amides is 2. The van der Waals surface area contributed by atoms with Crippen LogP contribution in [0, 0.1) is 5.92 Å². The third kappa shape index (κ3) is 9.83. The molecule has 5 rings (SSSR count). The highest BCUT2D eigenvalue weighted by atomic mass is 16.7. The fourth-order valence-electron chi connectivity index (χ4n) is 8.54. The Morgan fingerprint density at radius 3 is 1.85 bits per heavy atom. The monoisotopic (exact) mass is 874 g/mol. The zero-order chi connectivity index (χ0) is 46.1. The Bertz CT molecular complexity index is 2030. The second-order valence-corrected chi connectivity index (χ2v) is 17.7. The summed E-state index contributed by atoms with van der Waals surface area (Å²) >= 11 is 0. The maximum absolute atomic E-state index is 14.0. The summed E-state index contributed by atoms with van der Waals surface area (Å²) in [5.74, 6) is -6.87. The molecule has 2 amide bonds. The fraction of sp³-hybridized carbons (Fsp3) is 0.619. The second kappa shape index (κ2) is 17.7. The molecule has 1 fully saturated rings. The summed E-state index contributed by atoms with van der Waals surface area (Å²) in [4.78, 5) is 102. The van der Waals surface area contributed by atoms with Crippen LogP contribution in [0.5, 0.6) is 11.5 Å². The third-order valence-corrected chi connectivity index (χ3v) is 11.0. The Morgan fingerprint density at radius 1 is 0.823 bits per heavy atom. The molecule has 3 aliphatic carbocycles. The van der Waals surface area contributed by atoms with E-state index in [2.05, 4.69) is 10.6 Å². The Labute approximate surface area is 357 Å². The summed E-state index contributed by atoms with van der Waals surface area (Å²) in [5, 5.41) is 24.4. The summed E-state index contributed by atoms with van der Waals surface area (Å²) in [5.41, 5.74) is -2.90. The number of hydrogen-bond donors (Lipinski definition) is 4. The predicted molar refractivity (Wildman–Crippen MR) is 210 cm³/mol. The molecule has 0 unspecified atom stereocenters. The number of benzene rings is 1. The number of carbonyl (C=O) groups excluding carboxylic acids is 6. The number of methoxy groups -OCH3 is 1. The lowest BCUT2D eigenvalue weighted by Crippen LogP contribution is -2.69. The van der Waals surface area contributed by atoms with E-state index in [1.165, 1.54) is 27.0 Å². The Balaban J connectivity index is 1.38. The summed E-state index contributed by atoms with van der Waals surface area (Å²) < 4.78 is 44.6. The number of aliphatic carboxylic acids is 2. The van der Waals surface area contributed by atoms with Gasteiger partial charge in [-0.2, -0.15) is 0 Å². The van der Waals surface area contributed by atoms with Crippen molar-refractivity contribution in [2.24, 2.45) is 5.92 Å².